The van der Waals surface area contributed by atoms with Crippen LogP contribution in [0, 0.1) is 0 Å². The second-order valence-corrected chi connectivity index (χ2v) is 3.43. The van der Waals surface area contributed by atoms with Gasteiger partial charge in [-0.25, -0.2) is 0 Å². The number of anilines is 1. The molecule has 0 radical (unpaired) electrons. The van der Waals surface area contributed by atoms with Crippen LogP contribution in [0.25, 0.3) is 0 Å². The molecule has 0 saturated carbocycles. The predicted molar refractivity (Wildman–Crippen MR) is 59.8 cm³/mol. The third-order valence-electron chi connectivity index (χ3n) is 2.32. The fourth-order valence-corrected chi connectivity index (χ4v) is 1.23. The number of aromatic hydroxyl groups is 1. The highest BCUT2D eigenvalue weighted by atomic mass is 16.3. The Labute approximate surface area is 89.3 Å². The van der Waals surface area contributed by atoms with E-state index in [1.54, 1.807) is 19.2 Å². The average molecular weight is 208 g/mol. The Kier molecular flexibility index (Phi) is 3.68. The molecular formula is C11H16N2O2. The lowest BCUT2D eigenvalue weighted by atomic mass is 10.2. The van der Waals surface area contributed by atoms with Crippen molar-refractivity contribution in [1.29, 1.82) is 0 Å². The molecule has 0 aliphatic carbocycles. The number of nitrogens with zero attached hydrogens (tertiary/aromatic N) is 1. The minimum Gasteiger partial charge on any atom is -0.508 e. The van der Waals surface area contributed by atoms with E-state index < -0.39 is 6.04 Å². The number of phenolic OH excluding ortho intramolecular Hbond substituents is 1. The minimum absolute atomic E-state index is 0.122. The Morgan fingerprint density at radius 3 is 2.47 bits per heavy atom. The largest absolute Gasteiger partial charge is 0.508 e. The van der Waals surface area contributed by atoms with Gasteiger partial charge in [0.25, 0.3) is 0 Å². The van der Waals surface area contributed by atoms with E-state index in [2.05, 4.69) is 0 Å². The molecule has 1 unspecified atom stereocenters. The molecule has 3 N–H and O–H groups in total. The van der Waals surface area contributed by atoms with E-state index >= 15 is 0 Å². The number of benzene rings is 1. The summed E-state index contributed by atoms with van der Waals surface area (Å²) in [4.78, 5) is 13.2. The van der Waals surface area contributed by atoms with Gasteiger partial charge in [-0.05, 0) is 30.7 Å². The van der Waals surface area contributed by atoms with Crippen molar-refractivity contribution >= 4 is 11.6 Å². The van der Waals surface area contributed by atoms with Crippen LogP contribution in [0.4, 0.5) is 5.69 Å². The number of carbonyl (C=O) groups is 1. The fourth-order valence-electron chi connectivity index (χ4n) is 1.23. The van der Waals surface area contributed by atoms with Crippen molar-refractivity contribution in [3.8, 4) is 5.75 Å². The summed E-state index contributed by atoms with van der Waals surface area (Å²) in [5.74, 6) is 0.0579. The molecule has 1 atom stereocenters. The van der Waals surface area contributed by atoms with Gasteiger partial charge in [0.15, 0.2) is 0 Å². The highest BCUT2D eigenvalue weighted by Gasteiger charge is 2.17. The number of hydrogen-bond acceptors (Lipinski definition) is 3. The van der Waals surface area contributed by atoms with Crippen molar-refractivity contribution in [2.24, 2.45) is 5.73 Å². The maximum Gasteiger partial charge on any atom is 0.243 e. The van der Waals surface area contributed by atoms with E-state index in [0.717, 1.165) is 5.69 Å². The van der Waals surface area contributed by atoms with Crippen LogP contribution in [0.15, 0.2) is 24.3 Å². The lowest BCUT2D eigenvalue weighted by Crippen LogP contribution is -2.41. The molecule has 1 rings (SSSR count). The van der Waals surface area contributed by atoms with E-state index in [1.807, 2.05) is 6.92 Å². The SMILES string of the molecule is CCC(N)C(=O)N(C)c1ccc(O)cc1. The number of likely N-dealkylation sites (N-methyl/N-ethyl adjacent to an activating group) is 1. The normalized spacial score (nSPS) is 12.2. The first-order valence-corrected chi connectivity index (χ1v) is 4.88. The average Bonchev–Trinajstić information content (AvgIpc) is 2.27. The van der Waals surface area contributed by atoms with Crippen molar-refractivity contribution < 1.29 is 9.90 Å². The third kappa shape index (κ3) is 2.70. The number of rotatable bonds is 3. The zero-order valence-corrected chi connectivity index (χ0v) is 8.97. The fraction of sp³-hybridized carbons (Fsp3) is 0.364. The molecule has 0 aromatic heterocycles. The first-order valence-electron chi connectivity index (χ1n) is 4.88. The summed E-state index contributed by atoms with van der Waals surface area (Å²) in [5.41, 5.74) is 6.37. The first kappa shape index (κ1) is 11.5. The minimum atomic E-state index is -0.469. The molecule has 1 amide bonds. The van der Waals surface area contributed by atoms with Crippen molar-refractivity contribution in [1.82, 2.24) is 0 Å². The van der Waals surface area contributed by atoms with Crippen molar-refractivity contribution in [2.45, 2.75) is 19.4 Å². The highest BCUT2D eigenvalue weighted by Crippen LogP contribution is 2.17. The van der Waals surface area contributed by atoms with Gasteiger partial charge in [0.1, 0.15) is 5.75 Å². The summed E-state index contributed by atoms with van der Waals surface area (Å²) in [7, 11) is 1.67. The van der Waals surface area contributed by atoms with Crippen LogP contribution in [-0.2, 0) is 4.79 Å². The standard InChI is InChI=1S/C11H16N2O2/c1-3-10(12)11(15)13(2)8-4-6-9(14)7-5-8/h4-7,10,14H,3,12H2,1-2H3. The Bertz CT molecular complexity index is 335. The molecule has 0 saturated heterocycles. The maximum atomic E-state index is 11.7. The summed E-state index contributed by atoms with van der Waals surface area (Å²) in [6, 6.07) is 5.96. The van der Waals surface area contributed by atoms with Gasteiger partial charge >= 0.3 is 0 Å². The molecule has 1 aromatic rings. The van der Waals surface area contributed by atoms with E-state index in [4.69, 9.17) is 10.8 Å². The molecule has 0 fully saturated rings. The van der Waals surface area contributed by atoms with Gasteiger partial charge < -0.3 is 15.7 Å². The topological polar surface area (TPSA) is 66.6 Å². The van der Waals surface area contributed by atoms with Gasteiger partial charge in [0.05, 0.1) is 6.04 Å². The van der Waals surface area contributed by atoms with Crippen LogP contribution < -0.4 is 10.6 Å². The molecule has 15 heavy (non-hydrogen) atoms. The zero-order valence-electron chi connectivity index (χ0n) is 8.97. The summed E-state index contributed by atoms with van der Waals surface area (Å²) in [5, 5.41) is 9.10. The molecule has 0 aliphatic rings. The third-order valence-corrected chi connectivity index (χ3v) is 2.32. The van der Waals surface area contributed by atoms with Crippen LogP contribution in [0.5, 0.6) is 5.75 Å². The van der Waals surface area contributed by atoms with Gasteiger partial charge in [-0.3, -0.25) is 4.79 Å². The molecule has 1 aromatic carbocycles. The van der Waals surface area contributed by atoms with Crippen LogP contribution in [0.2, 0.25) is 0 Å². The highest BCUT2D eigenvalue weighted by molar-refractivity contribution is 5.96. The van der Waals surface area contributed by atoms with Gasteiger partial charge in [0, 0.05) is 12.7 Å². The van der Waals surface area contributed by atoms with Gasteiger partial charge in [-0.15, -0.1) is 0 Å². The van der Waals surface area contributed by atoms with Crippen molar-refractivity contribution in [3.05, 3.63) is 24.3 Å². The smallest absolute Gasteiger partial charge is 0.243 e. The molecule has 4 nitrogen and oxygen atoms in total. The molecular weight excluding hydrogens is 192 g/mol. The van der Waals surface area contributed by atoms with Crippen LogP contribution in [-0.4, -0.2) is 24.1 Å². The number of phenols is 1. The Balaban J connectivity index is 2.80. The van der Waals surface area contributed by atoms with E-state index in [1.165, 1.54) is 17.0 Å². The number of amides is 1. The predicted octanol–water partition coefficient (Wildman–Crippen LogP) is 1.09. The molecule has 0 heterocycles. The van der Waals surface area contributed by atoms with Gasteiger partial charge in [-0.1, -0.05) is 6.92 Å². The monoisotopic (exact) mass is 208 g/mol. The molecule has 0 bridgehead atoms. The quantitative estimate of drug-likeness (QED) is 0.781. The van der Waals surface area contributed by atoms with Crippen molar-refractivity contribution in [3.63, 3.8) is 0 Å². The second-order valence-electron chi connectivity index (χ2n) is 3.43. The Hall–Kier alpha value is -1.55. The molecule has 4 heteroatoms. The van der Waals surface area contributed by atoms with Crippen LogP contribution >= 0.6 is 0 Å². The summed E-state index contributed by atoms with van der Waals surface area (Å²) < 4.78 is 0. The maximum absolute atomic E-state index is 11.7. The molecule has 0 spiro atoms. The summed E-state index contributed by atoms with van der Waals surface area (Å²) in [6.07, 6.45) is 0.612. The van der Waals surface area contributed by atoms with Crippen LogP contribution in [0.3, 0.4) is 0 Å². The van der Waals surface area contributed by atoms with E-state index in [9.17, 15) is 4.79 Å². The van der Waals surface area contributed by atoms with E-state index in [-0.39, 0.29) is 11.7 Å². The zero-order chi connectivity index (χ0) is 11.4. The summed E-state index contributed by atoms with van der Waals surface area (Å²) in [6.45, 7) is 1.87. The van der Waals surface area contributed by atoms with Crippen LogP contribution in [0.1, 0.15) is 13.3 Å². The van der Waals surface area contributed by atoms with Gasteiger partial charge in [-0.2, -0.15) is 0 Å². The lowest BCUT2D eigenvalue weighted by Gasteiger charge is -2.20. The van der Waals surface area contributed by atoms with E-state index in [0.29, 0.717) is 6.42 Å². The lowest BCUT2D eigenvalue weighted by molar-refractivity contribution is -0.119. The number of carbonyl (C=O) groups excluding carboxylic acids is 1. The molecule has 0 aliphatic heterocycles. The Morgan fingerprint density at radius 1 is 1.47 bits per heavy atom. The van der Waals surface area contributed by atoms with Gasteiger partial charge in [0.2, 0.25) is 5.91 Å². The summed E-state index contributed by atoms with van der Waals surface area (Å²) >= 11 is 0. The van der Waals surface area contributed by atoms with Crippen molar-refractivity contribution in [2.75, 3.05) is 11.9 Å². The first-order chi connectivity index (χ1) is 7.06. The number of hydrogen-bond donors (Lipinski definition) is 2. The number of nitrogens with two attached hydrogens (primary N) is 1. The second kappa shape index (κ2) is 4.79. The Morgan fingerprint density at radius 2 is 2.00 bits per heavy atom. The molecule has 82 valence electrons.